The minimum Gasteiger partial charge on any atom is -0.368 e. The Balaban J connectivity index is 2.14. The molecule has 2 aromatic rings. The standard InChI is InChI=1S/C16H20N4O/c1-20(2)10-4-7-18-16-15(17-8-9-19-16)14-6-3-5-13(11-14)12-21/h3,5-6,8-9,11-12H,4,7,10H2,1-2H3,(H,18,19). The van der Waals surface area contributed by atoms with E-state index in [9.17, 15) is 4.79 Å². The Morgan fingerprint density at radius 2 is 2.05 bits per heavy atom. The molecular formula is C16H20N4O. The molecule has 0 radical (unpaired) electrons. The molecule has 5 heteroatoms. The largest absolute Gasteiger partial charge is 0.368 e. The number of anilines is 1. The summed E-state index contributed by atoms with van der Waals surface area (Å²) in [5, 5.41) is 3.32. The lowest BCUT2D eigenvalue weighted by Gasteiger charge is -2.12. The third-order valence-electron chi connectivity index (χ3n) is 3.07. The van der Waals surface area contributed by atoms with E-state index in [4.69, 9.17) is 0 Å². The molecule has 1 N–H and O–H groups in total. The van der Waals surface area contributed by atoms with Crippen molar-refractivity contribution >= 4 is 12.1 Å². The lowest BCUT2D eigenvalue weighted by molar-refractivity contribution is 0.112. The summed E-state index contributed by atoms with van der Waals surface area (Å²) < 4.78 is 0. The van der Waals surface area contributed by atoms with Gasteiger partial charge >= 0.3 is 0 Å². The maximum atomic E-state index is 10.9. The van der Waals surface area contributed by atoms with Gasteiger partial charge in [-0.15, -0.1) is 0 Å². The summed E-state index contributed by atoms with van der Waals surface area (Å²) in [7, 11) is 4.11. The predicted molar refractivity (Wildman–Crippen MR) is 84.5 cm³/mol. The Morgan fingerprint density at radius 1 is 1.24 bits per heavy atom. The van der Waals surface area contributed by atoms with Gasteiger partial charge < -0.3 is 10.2 Å². The summed E-state index contributed by atoms with van der Waals surface area (Å²) in [5.41, 5.74) is 2.30. The molecule has 0 fully saturated rings. The van der Waals surface area contributed by atoms with Crippen LogP contribution in [-0.2, 0) is 0 Å². The van der Waals surface area contributed by atoms with Gasteiger partial charge in [0, 0.05) is 30.1 Å². The Hall–Kier alpha value is -2.27. The van der Waals surface area contributed by atoms with Crippen LogP contribution in [-0.4, -0.2) is 48.3 Å². The van der Waals surface area contributed by atoms with E-state index in [0.29, 0.717) is 5.56 Å². The fraction of sp³-hybridized carbons (Fsp3) is 0.312. The van der Waals surface area contributed by atoms with Gasteiger partial charge in [0.25, 0.3) is 0 Å². The fourth-order valence-electron chi connectivity index (χ4n) is 2.04. The molecule has 1 aromatic carbocycles. The molecule has 0 spiro atoms. The van der Waals surface area contributed by atoms with Crippen molar-refractivity contribution in [3.63, 3.8) is 0 Å². The molecule has 2 rings (SSSR count). The van der Waals surface area contributed by atoms with Crippen LogP contribution in [0.15, 0.2) is 36.7 Å². The number of carbonyl (C=O) groups excluding carboxylic acids is 1. The number of aldehydes is 1. The third kappa shape index (κ3) is 4.36. The van der Waals surface area contributed by atoms with E-state index in [1.807, 2.05) is 18.2 Å². The molecule has 0 saturated heterocycles. The number of rotatable bonds is 7. The van der Waals surface area contributed by atoms with Crippen molar-refractivity contribution in [2.45, 2.75) is 6.42 Å². The lowest BCUT2D eigenvalue weighted by Crippen LogP contribution is -2.17. The maximum Gasteiger partial charge on any atom is 0.152 e. The monoisotopic (exact) mass is 284 g/mol. The zero-order chi connectivity index (χ0) is 15.1. The molecule has 0 aliphatic rings. The van der Waals surface area contributed by atoms with E-state index in [0.717, 1.165) is 42.9 Å². The quantitative estimate of drug-likeness (QED) is 0.624. The Kier molecular flexibility index (Phi) is 5.40. The first kappa shape index (κ1) is 15.1. The summed E-state index contributed by atoms with van der Waals surface area (Å²) in [6, 6.07) is 7.38. The molecule has 5 nitrogen and oxygen atoms in total. The highest BCUT2D eigenvalue weighted by Crippen LogP contribution is 2.23. The molecule has 21 heavy (non-hydrogen) atoms. The number of nitrogens with one attached hydrogen (secondary N) is 1. The van der Waals surface area contributed by atoms with Crippen LogP contribution in [0.4, 0.5) is 5.82 Å². The number of carbonyl (C=O) groups is 1. The number of hydrogen-bond acceptors (Lipinski definition) is 5. The summed E-state index contributed by atoms with van der Waals surface area (Å²) in [4.78, 5) is 21.8. The van der Waals surface area contributed by atoms with Gasteiger partial charge in [-0.05, 0) is 33.1 Å². The average Bonchev–Trinajstić information content (AvgIpc) is 2.52. The first-order chi connectivity index (χ1) is 10.2. The van der Waals surface area contributed by atoms with Crippen LogP contribution in [0.1, 0.15) is 16.8 Å². The van der Waals surface area contributed by atoms with Crippen molar-refractivity contribution in [1.82, 2.24) is 14.9 Å². The molecular weight excluding hydrogens is 264 g/mol. The first-order valence-electron chi connectivity index (χ1n) is 6.96. The van der Waals surface area contributed by atoms with Crippen molar-refractivity contribution in [3.05, 3.63) is 42.2 Å². The first-order valence-corrected chi connectivity index (χ1v) is 6.96. The van der Waals surface area contributed by atoms with E-state index < -0.39 is 0 Å². The zero-order valence-corrected chi connectivity index (χ0v) is 12.4. The summed E-state index contributed by atoms with van der Waals surface area (Å²) >= 11 is 0. The molecule has 0 bridgehead atoms. The number of aromatic nitrogens is 2. The number of nitrogens with zero attached hydrogens (tertiary/aromatic N) is 3. The topological polar surface area (TPSA) is 58.1 Å². The number of benzene rings is 1. The second kappa shape index (κ2) is 7.50. The normalized spacial score (nSPS) is 10.6. The SMILES string of the molecule is CN(C)CCCNc1nccnc1-c1cccc(C=O)c1. The van der Waals surface area contributed by atoms with Crippen LogP contribution in [0.5, 0.6) is 0 Å². The highest BCUT2D eigenvalue weighted by atomic mass is 16.1. The Morgan fingerprint density at radius 3 is 2.81 bits per heavy atom. The summed E-state index contributed by atoms with van der Waals surface area (Å²) in [5.74, 6) is 0.749. The van der Waals surface area contributed by atoms with Gasteiger partial charge in [0.2, 0.25) is 0 Å². The van der Waals surface area contributed by atoms with Crippen LogP contribution in [0, 0.1) is 0 Å². The zero-order valence-electron chi connectivity index (χ0n) is 12.4. The van der Waals surface area contributed by atoms with Gasteiger partial charge in [-0.2, -0.15) is 0 Å². The average molecular weight is 284 g/mol. The van der Waals surface area contributed by atoms with Crippen molar-refractivity contribution in [1.29, 1.82) is 0 Å². The van der Waals surface area contributed by atoms with Crippen molar-refractivity contribution < 1.29 is 4.79 Å². The van der Waals surface area contributed by atoms with Crippen LogP contribution >= 0.6 is 0 Å². The van der Waals surface area contributed by atoms with Gasteiger partial charge in [0.15, 0.2) is 5.82 Å². The second-order valence-electron chi connectivity index (χ2n) is 5.08. The molecule has 0 atom stereocenters. The van der Waals surface area contributed by atoms with E-state index >= 15 is 0 Å². The van der Waals surface area contributed by atoms with Gasteiger partial charge in [-0.25, -0.2) is 4.98 Å². The smallest absolute Gasteiger partial charge is 0.152 e. The molecule has 0 saturated carbocycles. The fourth-order valence-corrected chi connectivity index (χ4v) is 2.04. The van der Waals surface area contributed by atoms with E-state index in [2.05, 4.69) is 34.3 Å². The van der Waals surface area contributed by atoms with Crippen molar-refractivity contribution in [2.24, 2.45) is 0 Å². The minimum atomic E-state index is 0.636. The van der Waals surface area contributed by atoms with E-state index in [-0.39, 0.29) is 0 Å². The molecule has 0 amide bonds. The molecule has 0 aliphatic carbocycles. The Labute approximate surface area is 125 Å². The highest BCUT2D eigenvalue weighted by molar-refractivity contribution is 5.80. The maximum absolute atomic E-state index is 10.9. The van der Waals surface area contributed by atoms with Gasteiger partial charge in [-0.3, -0.25) is 9.78 Å². The van der Waals surface area contributed by atoms with Crippen molar-refractivity contribution in [3.8, 4) is 11.3 Å². The van der Waals surface area contributed by atoms with E-state index in [1.165, 1.54) is 0 Å². The third-order valence-corrected chi connectivity index (χ3v) is 3.07. The van der Waals surface area contributed by atoms with Crippen LogP contribution in [0.25, 0.3) is 11.3 Å². The van der Waals surface area contributed by atoms with Crippen LogP contribution in [0.3, 0.4) is 0 Å². The molecule has 0 unspecified atom stereocenters. The number of hydrogen-bond donors (Lipinski definition) is 1. The summed E-state index contributed by atoms with van der Waals surface area (Å²) in [6.45, 7) is 1.85. The van der Waals surface area contributed by atoms with Crippen LogP contribution in [0.2, 0.25) is 0 Å². The second-order valence-corrected chi connectivity index (χ2v) is 5.08. The molecule has 110 valence electrons. The molecule has 1 aromatic heterocycles. The Bertz CT molecular complexity index is 598. The van der Waals surface area contributed by atoms with Crippen LogP contribution < -0.4 is 5.32 Å². The summed E-state index contributed by atoms with van der Waals surface area (Å²) in [6.07, 6.45) is 5.19. The predicted octanol–water partition coefficient (Wildman–Crippen LogP) is 2.32. The van der Waals surface area contributed by atoms with Gasteiger partial charge in [0.1, 0.15) is 12.0 Å². The minimum absolute atomic E-state index is 0.636. The van der Waals surface area contributed by atoms with Gasteiger partial charge in [-0.1, -0.05) is 18.2 Å². The van der Waals surface area contributed by atoms with Crippen molar-refractivity contribution in [2.75, 3.05) is 32.5 Å². The van der Waals surface area contributed by atoms with Gasteiger partial charge in [0.05, 0.1) is 0 Å². The lowest BCUT2D eigenvalue weighted by atomic mass is 10.1. The molecule has 1 heterocycles. The van der Waals surface area contributed by atoms with E-state index in [1.54, 1.807) is 18.5 Å². The highest BCUT2D eigenvalue weighted by Gasteiger charge is 2.08. The molecule has 0 aliphatic heterocycles.